The predicted molar refractivity (Wildman–Crippen MR) is 212 cm³/mol. The zero-order valence-corrected chi connectivity index (χ0v) is 33.5. The number of benzene rings is 1. The quantitative estimate of drug-likeness (QED) is 0.137. The fraction of sp³-hybridized carbons (Fsp3) is 0.412. The van der Waals surface area contributed by atoms with Crippen LogP contribution in [-0.4, -0.2) is 122 Å². The highest BCUT2D eigenvalue weighted by molar-refractivity contribution is 7.87. The first kappa shape index (κ1) is 39.5. The van der Waals surface area contributed by atoms with Crippen LogP contribution in [0.1, 0.15) is 13.3 Å². The molecule has 0 saturated carbocycles. The van der Waals surface area contributed by atoms with Crippen molar-refractivity contribution in [3.05, 3.63) is 35.8 Å². The number of morpholine rings is 1. The molecule has 288 valence electrons. The van der Waals surface area contributed by atoms with Crippen LogP contribution in [0.4, 0.5) is 11.5 Å². The minimum absolute atomic E-state index is 0.236. The Labute approximate surface area is 324 Å². The number of nitrogen functional groups attached to an aromatic ring is 1. The number of nitrogens with one attached hydrogen (secondary N) is 1. The smallest absolute Gasteiger partial charge is 0.320 e. The lowest BCUT2D eigenvalue weighted by molar-refractivity contribution is 0.122. The van der Waals surface area contributed by atoms with Gasteiger partial charge in [-0.1, -0.05) is 6.92 Å². The van der Waals surface area contributed by atoms with Crippen molar-refractivity contribution in [2.75, 3.05) is 89.6 Å². The van der Waals surface area contributed by atoms with Crippen LogP contribution in [0.2, 0.25) is 0 Å². The lowest BCUT2D eigenvalue weighted by Gasteiger charge is -2.27. The lowest BCUT2D eigenvalue weighted by Crippen LogP contribution is -2.37. The van der Waals surface area contributed by atoms with E-state index < -0.39 is 21.6 Å². The van der Waals surface area contributed by atoms with Gasteiger partial charge in [0.05, 0.1) is 77.7 Å². The Bertz CT molecular complexity index is 2190. The first-order chi connectivity index (χ1) is 26.3. The number of ether oxygens (including phenoxy) is 5. The van der Waals surface area contributed by atoms with Gasteiger partial charge in [0.15, 0.2) is 27.5 Å². The highest BCUT2D eigenvalue weighted by Gasteiger charge is 2.24. The first-order valence-corrected chi connectivity index (χ1v) is 21.3. The number of aromatic nitrogens is 7. The van der Waals surface area contributed by atoms with Gasteiger partial charge >= 0.3 is 6.01 Å². The number of methoxy groups -OCH3 is 3. The minimum Gasteiger partial charge on any atom is -0.491 e. The number of nitrogens with two attached hydrogens (primary N) is 1. The monoisotopic (exact) mass is 815 g/mol. The molecular weight excluding hydrogens is 775 g/mol. The summed E-state index contributed by atoms with van der Waals surface area (Å²) in [5.74, 6) is 2.90. The number of hydrogen-bond acceptors (Lipinski definition) is 17. The Morgan fingerprint density at radius 3 is 2.41 bits per heavy atom. The number of nitrogens with zero attached hydrogens (tertiary/aromatic N) is 7. The van der Waals surface area contributed by atoms with Crippen LogP contribution < -0.4 is 20.1 Å². The van der Waals surface area contributed by atoms with Gasteiger partial charge in [-0.15, -0.1) is 22.7 Å². The minimum atomic E-state index is -1.28. The second-order valence-electron chi connectivity index (χ2n) is 11.5. The summed E-state index contributed by atoms with van der Waals surface area (Å²) in [6.07, 6.45) is 2.54. The van der Waals surface area contributed by atoms with Gasteiger partial charge in [-0.05, 0) is 30.7 Å². The molecule has 6 heterocycles. The third-order valence-corrected chi connectivity index (χ3v) is 13.0. The van der Waals surface area contributed by atoms with Crippen molar-refractivity contribution in [3.63, 3.8) is 0 Å². The number of thiazole rings is 1. The van der Waals surface area contributed by atoms with Crippen LogP contribution in [0.3, 0.4) is 0 Å². The highest BCUT2D eigenvalue weighted by Crippen LogP contribution is 2.41. The Morgan fingerprint density at radius 1 is 0.944 bits per heavy atom. The zero-order chi connectivity index (χ0) is 38.0. The highest BCUT2D eigenvalue weighted by atomic mass is 32.2. The Hall–Kier alpha value is -4.18. The molecule has 6 aromatic rings. The van der Waals surface area contributed by atoms with E-state index in [9.17, 15) is 8.42 Å². The van der Waals surface area contributed by atoms with E-state index in [1.807, 2.05) is 36.6 Å². The average molecular weight is 816 g/mol. The number of aromatic amines is 1. The van der Waals surface area contributed by atoms with E-state index in [4.69, 9.17) is 39.4 Å². The van der Waals surface area contributed by atoms with E-state index >= 15 is 0 Å². The maximum absolute atomic E-state index is 12.7. The number of imidazole rings is 1. The molecule has 7 rings (SSSR count). The summed E-state index contributed by atoms with van der Waals surface area (Å²) >= 11 is 2.84. The van der Waals surface area contributed by atoms with E-state index in [1.165, 1.54) is 29.8 Å². The molecule has 0 aliphatic carbocycles. The molecule has 20 heteroatoms. The molecule has 1 aliphatic heterocycles. The van der Waals surface area contributed by atoms with Crippen LogP contribution in [-0.2, 0) is 35.8 Å². The molecule has 2 atom stereocenters. The molecule has 0 radical (unpaired) electrons. The fourth-order valence-electron chi connectivity index (χ4n) is 5.34. The molecule has 0 amide bonds. The summed E-state index contributed by atoms with van der Waals surface area (Å²) in [6, 6.07) is 7.89. The molecule has 16 nitrogen and oxygen atoms in total. The molecule has 1 aromatic carbocycles. The Balaban J connectivity index is 0.000000193. The molecule has 1 fully saturated rings. The molecular formula is C34H41N9O7S4. The van der Waals surface area contributed by atoms with Crippen molar-refractivity contribution in [2.24, 2.45) is 0 Å². The standard InChI is InChI=1S/C21H22N4O3S3.C13H19N5O4S/c1-3-12-31(26)21-16(22)15-17(13-4-6-14(7-5-13)28-10-9-27-2)24-18(25-19(15)30-21)20-23-8-11-29-20;1-20-7-8-23(19)13-14-9-10(16-13)15-12(21-2)17-11(9)18-3-5-22-6-4-18/h4-8,11H,3,9-10,12,22H2,1-2H3;3-8H2,1-2H3,(H,14,15,16,17). The van der Waals surface area contributed by atoms with Gasteiger partial charge in [-0.25, -0.2) is 15.0 Å². The predicted octanol–water partition coefficient (Wildman–Crippen LogP) is 4.56. The Kier molecular flexibility index (Phi) is 13.8. The van der Waals surface area contributed by atoms with Gasteiger partial charge in [0, 0.05) is 50.2 Å². The van der Waals surface area contributed by atoms with Crippen molar-refractivity contribution in [1.82, 2.24) is 34.9 Å². The second-order valence-corrected chi connectivity index (χ2v) is 16.7. The van der Waals surface area contributed by atoms with Crippen LogP contribution in [0.25, 0.3) is 43.5 Å². The maximum atomic E-state index is 12.7. The molecule has 3 N–H and O–H groups in total. The summed E-state index contributed by atoms with van der Waals surface area (Å²) in [6.45, 7) is 6.11. The number of rotatable bonds is 15. The van der Waals surface area contributed by atoms with E-state index in [0.717, 1.165) is 41.2 Å². The first-order valence-electron chi connectivity index (χ1n) is 17.0. The van der Waals surface area contributed by atoms with Crippen LogP contribution in [0.5, 0.6) is 11.8 Å². The summed E-state index contributed by atoms with van der Waals surface area (Å²) in [5, 5.41) is 3.72. The second kappa shape index (κ2) is 18.9. The topological polar surface area (TPSA) is 203 Å². The molecule has 5 aromatic heterocycles. The van der Waals surface area contributed by atoms with Crippen molar-refractivity contribution < 1.29 is 32.1 Å². The van der Waals surface area contributed by atoms with E-state index in [2.05, 4.69) is 29.8 Å². The van der Waals surface area contributed by atoms with Gasteiger partial charge < -0.3 is 39.3 Å². The van der Waals surface area contributed by atoms with Crippen LogP contribution in [0.15, 0.2) is 45.2 Å². The molecule has 1 saturated heterocycles. The summed E-state index contributed by atoms with van der Waals surface area (Å²) in [5.41, 5.74) is 9.65. The molecule has 0 spiro atoms. The molecule has 2 unspecified atom stereocenters. The number of fused-ring (bicyclic) bond motifs is 2. The van der Waals surface area contributed by atoms with Gasteiger partial charge in [0.1, 0.15) is 26.9 Å². The summed E-state index contributed by atoms with van der Waals surface area (Å²) < 4.78 is 51.8. The summed E-state index contributed by atoms with van der Waals surface area (Å²) in [7, 11) is 2.27. The van der Waals surface area contributed by atoms with Crippen molar-refractivity contribution >= 4 is 77.2 Å². The van der Waals surface area contributed by atoms with Crippen molar-refractivity contribution in [1.29, 1.82) is 0 Å². The van der Waals surface area contributed by atoms with Crippen LogP contribution >= 0.6 is 22.7 Å². The van der Waals surface area contributed by atoms with E-state index in [1.54, 1.807) is 20.4 Å². The van der Waals surface area contributed by atoms with Gasteiger partial charge in [-0.3, -0.25) is 8.42 Å². The Morgan fingerprint density at radius 2 is 1.72 bits per heavy atom. The van der Waals surface area contributed by atoms with E-state index in [0.29, 0.717) is 92.9 Å². The fourth-order valence-corrected chi connectivity index (χ4v) is 9.41. The lowest BCUT2D eigenvalue weighted by atomic mass is 10.1. The largest absolute Gasteiger partial charge is 0.491 e. The third kappa shape index (κ3) is 9.19. The number of anilines is 2. The normalized spacial score (nSPS) is 14.2. The van der Waals surface area contributed by atoms with Gasteiger partial charge in [0.2, 0.25) is 0 Å². The average Bonchev–Trinajstić information content (AvgIpc) is 3.97. The number of hydrogen-bond donors (Lipinski definition) is 2. The third-order valence-electron chi connectivity index (χ3n) is 7.93. The SMILES string of the molecule is CCCS(=O)c1sc2nc(-c3nccs3)nc(-c3ccc(OCCOC)cc3)c2c1N.COCCS(=O)c1nc2nc(OC)nc(N3CCOCC3)c2[nH]1. The summed E-state index contributed by atoms with van der Waals surface area (Å²) in [4.78, 5) is 32.7. The molecule has 1 aliphatic rings. The van der Waals surface area contributed by atoms with Crippen molar-refractivity contribution in [3.8, 4) is 33.8 Å². The van der Waals surface area contributed by atoms with Gasteiger partial charge in [-0.2, -0.15) is 15.0 Å². The number of H-pyrrole nitrogens is 1. The molecule has 0 bridgehead atoms. The van der Waals surface area contributed by atoms with Gasteiger partial charge in [0.25, 0.3) is 0 Å². The van der Waals surface area contributed by atoms with Crippen LogP contribution in [0, 0.1) is 0 Å². The van der Waals surface area contributed by atoms with E-state index in [-0.39, 0.29) is 6.01 Å². The molecule has 54 heavy (non-hydrogen) atoms. The zero-order valence-electron chi connectivity index (χ0n) is 30.2. The van der Waals surface area contributed by atoms with Crippen molar-refractivity contribution in [2.45, 2.75) is 22.7 Å². The number of thiophene rings is 1. The maximum Gasteiger partial charge on any atom is 0.320 e.